The van der Waals surface area contributed by atoms with Gasteiger partial charge < -0.3 is 16.5 Å². The molecule has 37 heavy (non-hydrogen) atoms. The van der Waals surface area contributed by atoms with E-state index < -0.39 is 23.6 Å². The van der Waals surface area contributed by atoms with E-state index in [1.807, 2.05) is 13.8 Å². The molecule has 1 atom stereocenters. The topological polar surface area (TPSA) is 74.3 Å². The summed E-state index contributed by atoms with van der Waals surface area (Å²) in [7, 11) is 0. The van der Waals surface area contributed by atoms with E-state index in [0.717, 1.165) is 30.6 Å². The smallest absolute Gasteiger partial charge is 0.340 e. The molecule has 0 saturated heterocycles. The largest absolute Gasteiger partial charge is 0.407 e. The summed E-state index contributed by atoms with van der Waals surface area (Å²) in [6.07, 6.45) is 3.36. The molecule has 1 unspecified atom stereocenters. The van der Waals surface area contributed by atoms with E-state index in [2.05, 4.69) is 16.9 Å². The highest BCUT2D eigenvalue weighted by molar-refractivity contribution is 6.05. The Hall–Kier alpha value is -3.59. The summed E-state index contributed by atoms with van der Waals surface area (Å²) < 4.78 is 65.2. The summed E-state index contributed by atoms with van der Waals surface area (Å²) in [6.45, 7) is 10.3. The number of nitrogens with one attached hydrogen (secondary N) is 2. The zero-order chi connectivity index (χ0) is 28.2. The van der Waals surface area contributed by atoms with E-state index in [9.17, 15) is 22.0 Å². The van der Waals surface area contributed by atoms with Crippen molar-refractivity contribution in [3.8, 4) is 0 Å². The van der Waals surface area contributed by atoms with Gasteiger partial charge in [-0.2, -0.15) is 13.2 Å². The number of amidine groups is 1. The van der Waals surface area contributed by atoms with Crippen LogP contribution in [0.2, 0.25) is 0 Å². The zero-order valence-corrected chi connectivity index (χ0v) is 21.4. The predicted octanol–water partition coefficient (Wildman–Crippen LogP) is 7.86. The average Bonchev–Trinajstić information content (AvgIpc) is 2.85. The Morgan fingerprint density at radius 1 is 1.16 bits per heavy atom. The van der Waals surface area contributed by atoms with Gasteiger partial charge in [-0.3, -0.25) is 0 Å². The maximum atomic E-state index is 13.6. The SMILES string of the molecule is C=C1C=C(c2ccccc2)N=C(/C(=C\C(F)=C/C)C(N)C(F)(F)F)N1.CCCC(=N)/C(C)=C\C=C(/C)F. The Morgan fingerprint density at radius 3 is 2.30 bits per heavy atom. The molecular formula is C28H33F5N4. The van der Waals surface area contributed by atoms with Crippen LogP contribution in [-0.4, -0.2) is 23.8 Å². The van der Waals surface area contributed by atoms with Crippen molar-refractivity contribution in [3.63, 3.8) is 0 Å². The number of nitrogens with zero attached hydrogens (tertiary/aromatic N) is 1. The van der Waals surface area contributed by atoms with Gasteiger partial charge in [-0.1, -0.05) is 62.4 Å². The standard InChI is InChI=1S/C18H17F4N3.C10H16FN/c1-3-13(19)10-14(16(23)18(20,21)22)17-24-11(2)9-15(25-17)12-7-5-4-6-8-12;1-4-5-10(12)8(2)6-7-9(3)11/h3-10,16H,2,23H2,1H3,(H,24,25);6-7,12H,4-5H2,1-3H3/b13-3+,14-10-;8-6-,9-7+,12-10?. The summed E-state index contributed by atoms with van der Waals surface area (Å²) in [5.41, 5.74) is 7.64. The molecule has 0 aliphatic carbocycles. The van der Waals surface area contributed by atoms with Crippen LogP contribution < -0.4 is 11.1 Å². The van der Waals surface area contributed by atoms with Gasteiger partial charge in [0.25, 0.3) is 0 Å². The molecule has 200 valence electrons. The van der Waals surface area contributed by atoms with Crippen molar-refractivity contribution in [2.24, 2.45) is 10.7 Å². The minimum absolute atomic E-state index is 0.187. The molecule has 0 bridgehead atoms. The van der Waals surface area contributed by atoms with Crippen molar-refractivity contribution in [3.05, 3.63) is 101 Å². The lowest BCUT2D eigenvalue weighted by Gasteiger charge is -2.24. The average molecular weight is 521 g/mol. The van der Waals surface area contributed by atoms with Gasteiger partial charge >= 0.3 is 6.18 Å². The Morgan fingerprint density at radius 2 is 1.78 bits per heavy atom. The van der Waals surface area contributed by atoms with Gasteiger partial charge in [0, 0.05) is 22.5 Å². The van der Waals surface area contributed by atoms with Gasteiger partial charge in [0.2, 0.25) is 0 Å². The first-order chi connectivity index (χ1) is 17.3. The fourth-order valence-corrected chi connectivity index (χ4v) is 2.93. The van der Waals surface area contributed by atoms with Crippen molar-refractivity contribution in [1.29, 1.82) is 5.41 Å². The molecule has 1 heterocycles. The number of nitrogens with two attached hydrogens (primary N) is 1. The minimum Gasteiger partial charge on any atom is -0.340 e. The quantitative estimate of drug-likeness (QED) is 0.185. The molecule has 1 aliphatic heterocycles. The Labute approximate surface area is 215 Å². The van der Waals surface area contributed by atoms with Crippen molar-refractivity contribution >= 4 is 17.2 Å². The second-order valence-electron chi connectivity index (χ2n) is 8.13. The number of aliphatic imine (C=N–C) groups is 1. The number of halogens is 5. The van der Waals surface area contributed by atoms with Crippen LogP contribution in [0.5, 0.6) is 0 Å². The minimum atomic E-state index is -4.75. The lowest BCUT2D eigenvalue weighted by molar-refractivity contribution is -0.138. The van der Waals surface area contributed by atoms with E-state index in [0.29, 0.717) is 22.7 Å². The fraction of sp³-hybridized carbons (Fsp3) is 0.286. The molecule has 1 aromatic rings. The molecule has 0 aromatic heterocycles. The molecule has 0 fully saturated rings. The van der Waals surface area contributed by atoms with Gasteiger partial charge in [0.1, 0.15) is 17.7 Å². The first-order valence-electron chi connectivity index (χ1n) is 11.6. The first kappa shape index (κ1) is 31.4. The van der Waals surface area contributed by atoms with Crippen molar-refractivity contribution < 1.29 is 22.0 Å². The van der Waals surface area contributed by atoms with Crippen molar-refractivity contribution in [1.82, 2.24) is 5.32 Å². The molecule has 0 amide bonds. The number of hydrogen-bond acceptors (Lipinski definition) is 4. The number of hydrogen-bond donors (Lipinski definition) is 3. The maximum Gasteiger partial charge on any atom is 0.407 e. The monoisotopic (exact) mass is 520 g/mol. The molecular weight excluding hydrogens is 487 g/mol. The second-order valence-corrected chi connectivity index (χ2v) is 8.13. The van der Waals surface area contributed by atoms with E-state index in [-0.39, 0.29) is 11.7 Å². The van der Waals surface area contributed by atoms with E-state index in [1.165, 1.54) is 19.9 Å². The molecule has 2 rings (SSSR count). The molecule has 4 N–H and O–H groups in total. The highest BCUT2D eigenvalue weighted by Gasteiger charge is 2.41. The summed E-state index contributed by atoms with van der Waals surface area (Å²) >= 11 is 0. The molecule has 0 spiro atoms. The Balaban J connectivity index is 0.000000482. The lowest BCUT2D eigenvalue weighted by Crippen LogP contribution is -2.44. The number of alkyl halides is 3. The fourth-order valence-electron chi connectivity index (χ4n) is 2.93. The van der Waals surface area contributed by atoms with Gasteiger partial charge in [-0.05, 0) is 51.0 Å². The van der Waals surface area contributed by atoms with Gasteiger partial charge in [0.05, 0.1) is 11.5 Å². The first-order valence-corrected chi connectivity index (χ1v) is 11.6. The lowest BCUT2D eigenvalue weighted by atomic mass is 10.0. The van der Waals surface area contributed by atoms with Crippen molar-refractivity contribution in [2.75, 3.05) is 0 Å². The van der Waals surface area contributed by atoms with Crippen LogP contribution in [-0.2, 0) is 0 Å². The summed E-state index contributed by atoms with van der Waals surface area (Å²) in [5.74, 6) is -1.26. The molecule has 4 nitrogen and oxygen atoms in total. The van der Waals surface area contributed by atoms with Crippen LogP contribution in [0, 0.1) is 5.41 Å². The summed E-state index contributed by atoms with van der Waals surface area (Å²) in [6, 6.07) is 6.46. The third kappa shape index (κ3) is 10.9. The van der Waals surface area contributed by atoms with Crippen LogP contribution in [0.3, 0.4) is 0 Å². The van der Waals surface area contributed by atoms with E-state index in [4.69, 9.17) is 11.1 Å². The maximum absolute atomic E-state index is 13.6. The zero-order valence-electron chi connectivity index (χ0n) is 21.4. The van der Waals surface area contributed by atoms with Gasteiger partial charge in [-0.25, -0.2) is 13.8 Å². The number of benzene rings is 1. The van der Waals surface area contributed by atoms with Crippen LogP contribution in [0.4, 0.5) is 22.0 Å². The highest BCUT2D eigenvalue weighted by atomic mass is 19.4. The second kappa shape index (κ2) is 14.8. The van der Waals surface area contributed by atoms with E-state index >= 15 is 0 Å². The molecule has 0 radical (unpaired) electrons. The summed E-state index contributed by atoms with van der Waals surface area (Å²) in [4.78, 5) is 4.19. The third-order valence-corrected chi connectivity index (χ3v) is 4.96. The van der Waals surface area contributed by atoms with Crippen LogP contribution in [0.25, 0.3) is 5.70 Å². The predicted molar refractivity (Wildman–Crippen MR) is 142 cm³/mol. The van der Waals surface area contributed by atoms with Crippen LogP contribution >= 0.6 is 0 Å². The summed E-state index contributed by atoms with van der Waals surface area (Å²) in [5, 5.41) is 10.2. The number of allylic oxidation sites excluding steroid dienone is 8. The van der Waals surface area contributed by atoms with Gasteiger partial charge in [-0.15, -0.1) is 0 Å². The number of rotatable bonds is 8. The molecule has 9 heteroatoms. The molecule has 0 saturated carbocycles. The highest BCUT2D eigenvalue weighted by Crippen LogP contribution is 2.28. The van der Waals surface area contributed by atoms with Gasteiger partial charge in [0.15, 0.2) is 0 Å². The van der Waals surface area contributed by atoms with E-state index in [1.54, 1.807) is 42.5 Å². The third-order valence-electron chi connectivity index (χ3n) is 4.96. The van der Waals surface area contributed by atoms with Crippen LogP contribution in [0.1, 0.15) is 46.1 Å². The molecule has 1 aromatic carbocycles. The normalized spacial score (nSPS) is 16.2. The van der Waals surface area contributed by atoms with Crippen molar-refractivity contribution in [2.45, 2.75) is 52.8 Å². The Bertz CT molecular complexity index is 1130. The Kier molecular flexibility index (Phi) is 12.6. The molecule has 1 aliphatic rings. The van der Waals surface area contributed by atoms with Crippen LogP contribution in [0.15, 0.2) is 101 Å².